The van der Waals surface area contributed by atoms with Gasteiger partial charge in [0, 0.05) is 16.3 Å². The molecule has 2 aromatic heterocycles. The van der Waals surface area contributed by atoms with Crippen LogP contribution in [-0.2, 0) is 11.2 Å². The third-order valence-electron chi connectivity index (χ3n) is 3.40. The van der Waals surface area contributed by atoms with Crippen molar-refractivity contribution in [3.63, 3.8) is 0 Å². The number of fused-ring (bicyclic) bond motifs is 1. The van der Waals surface area contributed by atoms with Gasteiger partial charge in [0.2, 0.25) is 5.91 Å². The molecule has 3 aromatic rings. The van der Waals surface area contributed by atoms with Crippen LogP contribution in [0.15, 0.2) is 34.7 Å². The molecule has 3 rings (SSSR count). The summed E-state index contributed by atoms with van der Waals surface area (Å²) >= 11 is 7.68. The summed E-state index contributed by atoms with van der Waals surface area (Å²) in [6, 6.07) is 7.35. The van der Waals surface area contributed by atoms with Gasteiger partial charge in [0.1, 0.15) is 10.9 Å². The minimum absolute atomic E-state index is 0.183. The number of nitrogens with zero attached hydrogens (tertiary/aromatic N) is 3. The van der Waals surface area contributed by atoms with E-state index in [-0.39, 0.29) is 12.3 Å². The van der Waals surface area contributed by atoms with E-state index in [0.29, 0.717) is 10.7 Å². The summed E-state index contributed by atoms with van der Waals surface area (Å²) in [6.07, 6.45) is 1.65. The fourth-order valence-electron chi connectivity index (χ4n) is 2.23. The predicted molar refractivity (Wildman–Crippen MR) is 99.6 cm³/mol. The lowest BCUT2D eigenvalue weighted by Gasteiger charge is -2.04. The number of ether oxygens (including phenoxy) is 1. The third kappa shape index (κ3) is 4.32. The number of thiazole rings is 1. The molecule has 1 aromatic carbocycles. The number of aryl methyl sites for hydroxylation is 1. The first-order chi connectivity index (χ1) is 12.0. The molecule has 0 saturated heterocycles. The summed E-state index contributed by atoms with van der Waals surface area (Å²) in [5.41, 5.74) is 4.56. The lowest BCUT2D eigenvalue weighted by atomic mass is 10.1. The van der Waals surface area contributed by atoms with Gasteiger partial charge in [-0.3, -0.25) is 4.79 Å². The largest absolute Gasteiger partial charge is 0.497 e. The van der Waals surface area contributed by atoms with Crippen molar-refractivity contribution in [3.8, 4) is 5.75 Å². The van der Waals surface area contributed by atoms with Gasteiger partial charge in [-0.25, -0.2) is 15.4 Å². The standard InChI is InChI=1S/C17H15ClN4O2S/c1-10-20-13(9-25-10)7-16(23)22-19-8-12-5-11-6-14(24-2)3-4-15(11)21-17(12)18/h3-6,8-9H,7H2,1-2H3,(H,22,23)/b19-8-. The Hall–Kier alpha value is -2.51. The topological polar surface area (TPSA) is 76.5 Å². The smallest absolute Gasteiger partial charge is 0.246 e. The number of hydrogen-bond acceptors (Lipinski definition) is 6. The summed E-state index contributed by atoms with van der Waals surface area (Å²) in [7, 11) is 1.60. The number of hydrogen-bond donors (Lipinski definition) is 1. The molecule has 0 atom stereocenters. The second-order valence-electron chi connectivity index (χ2n) is 5.25. The molecule has 1 amide bonds. The Kier molecular flexibility index (Phi) is 5.25. The van der Waals surface area contributed by atoms with Gasteiger partial charge in [0.15, 0.2) is 0 Å². The first-order valence-electron chi connectivity index (χ1n) is 7.42. The Labute approximate surface area is 153 Å². The molecule has 0 aliphatic rings. The average Bonchev–Trinajstić information content (AvgIpc) is 2.99. The monoisotopic (exact) mass is 374 g/mol. The van der Waals surface area contributed by atoms with Crippen LogP contribution in [-0.4, -0.2) is 29.2 Å². The van der Waals surface area contributed by atoms with Crippen molar-refractivity contribution < 1.29 is 9.53 Å². The summed E-state index contributed by atoms with van der Waals surface area (Å²) in [5.74, 6) is 0.486. The summed E-state index contributed by atoms with van der Waals surface area (Å²) in [4.78, 5) is 20.4. The first kappa shape index (κ1) is 17.3. The van der Waals surface area contributed by atoms with E-state index >= 15 is 0 Å². The van der Waals surface area contributed by atoms with Crippen molar-refractivity contribution in [3.05, 3.63) is 51.1 Å². The number of amides is 1. The zero-order chi connectivity index (χ0) is 17.8. The highest BCUT2D eigenvalue weighted by Gasteiger charge is 2.07. The van der Waals surface area contributed by atoms with Gasteiger partial charge in [0.05, 0.1) is 36.0 Å². The Bertz CT molecular complexity index is 955. The van der Waals surface area contributed by atoms with Crippen LogP contribution >= 0.6 is 22.9 Å². The van der Waals surface area contributed by atoms with Crippen LogP contribution in [0.3, 0.4) is 0 Å². The van der Waals surface area contributed by atoms with E-state index in [9.17, 15) is 4.79 Å². The van der Waals surface area contributed by atoms with Crippen LogP contribution in [0.2, 0.25) is 5.15 Å². The van der Waals surface area contributed by atoms with Crippen molar-refractivity contribution in [1.82, 2.24) is 15.4 Å². The van der Waals surface area contributed by atoms with E-state index in [0.717, 1.165) is 27.4 Å². The SMILES string of the molecule is COc1ccc2nc(Cl)c(/C=N\NC(=O)Cc3csc(C)n3)cc2c1. The Morgan fingerprint density at radius 1 is 1.40 bits per heavy atom. The van der Waals surface area contributed by atoms with Crippen LogP contribution < -0.4 is 10.2 Å². The van der Waals surface area contributed by atoms with Crippen LogP contribution in [0.25, 0.3) is 10.9 Å². The number of carbonyl (C=O) groups excluding carboxylic acids is 1. The molecule has 0 fully saturated rings. The summed E-state index contributed by atoms with van der Waals surface area (Å²) in [6.45, 7) is 1.90. The number of rotatable bonds is 5. The maximum absolute atomic E-state index is 11.9. The number of aromatic nitrogens is 2. The molecule has 0 aliphatic carbocycles. The highest BCUT2D eigenvalue weighted by molar-refractivity contribution is 7.09. The third-order valence-corrected chi connectivity index (χ3v) is 4.53. The van der Waals surface area contributed by atoms with Gasteiger partial charge in [0.25, 0.3) is 0 Å². The van der Waals surface area contributed by atoms with Gasteiger partial charge in [-0.1, -0.05) is 11.6 Å². The van der Waals surface area contributed by atoms with E-state index in [1.807, 2.05) is 36.6 Å². The number of hydrazone groups is 1. The molecule has 0 radical (unpaired) electrons. The molecule has 0 aliphatic heterocycles. The van der Waals surface area contributed by atoms with E-state index in [2.05, 4.69) is 20.5 Å². The minimum atomic E-state index is -0.243. The van der Waals surface area contributed by atoms with E-state index < -0.39 is 0 Å². The van der Waals surface area contributed by atoms with Crippen molar-refractivity contribution in [2.45, 2.75) is 13.3 Å². The molecule has 0 saturated carbocycles. The number of benzene rings is 1. The molecule has 128 valence electrons. The number of pyridine rings is 1. The van der Waals surface area contributed by atoms with Gasteiger partial charge in [-0.2, -0.15) is 5.10 Å². The van der Waals surface area contributed by atoms with Gasteiger partial charge in [-0.15, -0.1) is 11.3 Å². The number of carbonyl (C=O) groups is 1. The first-order valence-corrected chi connectivity index (χ1v) is 8.68. The Balaban J connectivity index is 1.71. The normalized spacial score (nSPS) is 11.2. The zero-order valence-electron chi connectivity index (χ0n) is 13.6. The van der Waals surface area contributed by atoms with Gasteiger partial charge in [-0.05, 0) is 31.2 Å². The molecular formula is C17H15ClN4O2S. The highest BCUT2D eigenvalue weighted by atomic mass is 35.5. The molecule has 6 nitrogen and oxygen atoms in total. The number of halogens is 1. The second kappa shape index (κ2) is 7.58. The zero-order valence-corrected chi connectivity index (χ0v) is 15.2. The van der Waals surface area contributed by atoms with Crippen LogP contribution in [0, 0.1) is 6.92 Å². The van der Waals surface area contributed by atoms with Crippen LogP contribution in [0.1, 0.15) is 16.3 Å². The molecular weight excluding hydrogens is 360 g/mol. The van der Waals surface area contributed by atoms with Crippen molar-refractivity contribution in [2.75, 3.05) is 7.11 Å². The fourth-order valence-corrected chi connectivity index (χ4v) is 3.04. The van der Waals surface area contributed by atoms with Crippen LogP contribution in [0.4, 0.5) is 0 Å². The molecule has 1 N–H and O–H groups in total. The molecule has 0 spiro atoms. The van der Waals surface area contributed by atoms with E-state index in [1.54, 1.807) is 7.11 Å². The van der Waals surface area contributed by atoms with Crippen LogP contribution in [0.5, 0.6) is 5.75 Å². The number of nitrogens with one attached hydrogen (secondary N) is 1. The Morgan fingerprint density at radius 2 is 2.24 bits per heavy atom. The molecule has 8 heteroatoms. The van der Waals surface area contributed by atoms with E-state index in [1.165, 1.54) is 17.6 Å². The van der Waals surface area contributed by atoms with Crippen molar-refractivity contribution >= 4 is 46.0 Å². The predicted octanol–water partition coefficient (Wildman–Crippen LogP) is 3.35. The van der Waals surface area contributed by atoms with Crippen molar-refractivity contribution in [1.29, 1.82) is 0 Å². The average molecular weight is 375 g/mol. The lowest BCUT2D eigenvalue weighted by Crippen LogP contribution is -2.20. The molecule has 25 heavy (non-hydrogen) atoms. The lowest BCUT2D eigenvalue weighted by molar-refractivity contribution is -0.120. The summed E-state index contributed by atoms with van der Waals surface area (Å²) in [5, 5.41) is 7.91. The molecule has 0 bridgehead atoms. The Morgan fingerprint density at radius 3 is 2.96 bits per heavy atom. The van der Waals surface area contributed by atoms with Gasteiger partial charge >= 0.3 is 0 Å². The fraction of sp³-hybridized carbons (Fsp3) is 0.176. The molecule has 0 unspecified atom stereocenters. The van der Waals surface area contributed by atoms with Gasteiger partial charge < -0.3 is 4.74 Å². The van der Waals surface area contributed by atoms with E-state index in [4.69, 9.17) is 16.3 Å². The molecule has 2 heterocycles. The minimum Gasteiger partial charge on any atom is -0.497 e. The summed E-state index contributed by atoms with van der Waals surface area (Å²) < 4.78 is 5.21. The maximum atomic E-state index is 11.9. The number of methoxy groups -OCH3 is 1. The van der Waals surface area contributed by atoms with Crippen molar-refractivity contribution in [2.24, 2.45) is 5.10 Å². The highest BCUT2D eigenvalue weighted by Crippen LogP contribution is 2.23. The maximum Gasteiger partial charge on any atom is 0.246 e. The quantitative estimate of drug-likeness (QED) is 0.422. The second-order valence-corrected chi connectivity index (χ2v) is 6.68.